The molecule has 0 aliphatic heterocycles. The first-order valence-corrected chi connectivity index (χ1v) is 6.27. The van der Waals surface area contributed by atoms with Crippen molar-refractivity contribution in [3.63, 3.8) is 0 Å². The second-order valence-corrected chi connectivity index (χ2v) is 4.67. The Bertz CT molecular complexity index is 576. The summed E-state index contributed by atoms with van der Waals surface area (Å²) in [6, 6.07) is 1.35. The molecule has 2 rings (SSSR count). The van der Waals surface area contributed by atoms with Gasteiger partial charge in [0, 0.05) is 37.6 Å². The van der Waals surface area contributed by atoms with Crippen molar-refractivity contribution in [2.75, 3.05) is 18.4 Å². The van der Waals surface area contributed by atoms with E-state index < -0.39 is 11.9 Å². The SMILES string of the molecule is CC(C)NCCNc1nccn2nc(C(F)(F)F)cc12. The Labute approximate surface area is 114 Å². The summed E-state index contributed by atoms with van der Waals surface area (Å²) in [5.41, 5.74) is -0.613. The van der Waals surface area contributed by atoms with Crippen LogP contribution in [0.15, 0.2) is 18.5 Å². The van der Waals surface area contributed by atoms with Crippen LogP contribution in [-0.4, -0.2) is 33.7 Å². The molecule has 20 heavy (non-hydrogen) atoms. The lowest BCUT2D eigenvalue weighted by molar-refractivity contribution is -0.141. The van der Waals surface area contributed by atoms with Gasteiger partial charge in [-0.3, -0.25) is 0 Å². The Morgan fingerprint density at radius 2 is 2.05 bits per heavy atom. The first kappa shape index (κ1) is 14.6. The van der Waals surface area contributed by atoms with Gasteiger partial charge in [-0.2, -0.15) is 18.3 Å². The van der Waals surface area contributed by atoms with E-state index in [2.05, 4.69) is 20.7 Å². The smallest absolute Gasteiger partial charge is 0.367 e. The van der Waals surface area contributed by atoms with Crippen LogP contribution < -0.4 is 10.6 Å². The molecule has 0 saturated carbocycles. The number of rotatable bonds is 5. The van der Waals surface area contributed by atoms with Crippen LogP contribution in [0.4, 0.5) is 19.0 Å². The molecule has 110 valence electrons. The van der Waals surface area contributed by atoms with Gasteiger partial charge in [-0.05, 0) is 0 Å². The van der Waals surface area contributed by atoms with Crippen molar-refractivity contribution in [2.45, 2.75) is 26.1 Å². The Morgan fingerprint density at radius 1 is 1.30 bits per heavy atom. The van der Waals surface area contributed by atoms with Crippen molar-refractivity contribution in [3.8, 4) is 0 Å². The van der Waals surface area contributed by atoms with E-state index >= 15 is 0 Å². The van der Waals surface area contributed by atoms with E-state index in [0.29, 0.717) is 30.5 Å². The highest BCUT2D eigenvalue weighted by atomic mass is 19.4. The highest BCUT2D eigenvalue weighted by Gasteiger charge is 2.34. The van der Waals surface area contributed by atoms with E-state index in [1.165, 1.54) is 16.9 Å². The van der Waals surface area contributed by atoms with Crippen LogP contribution in [0, 0.1) is 0 Å². The van der Waals surface area contributed by atoms with Gasteiger partial charge in [0.05, 0.1) is 0 Å². The molecule has 0 amide bonds. The third-order valence-corrected chi connectivity index (χ3v) is 2.65. The summed E-state index contributed by atoms with van der Waals surface area (Å²) in [6.07, 6.45) is -1.65. The highest BCUT2D eigenvalue weighted by molar-refractivity contribution is 5.67. The Balaban J connectivity index is 2.15. The average Bonchev–Trinajstić information content (AvgIpc) is 2.78. The molecule has 0 unspecified atom stereocenters. The van der Waals surface area contributed by atoms with Crippen molar-refractivity contribution in [1.29, 1.82) is 0 Å². The van der Waals surface area contributed by atoms with Crippen LogP contribution >= 0.6 is 0 Å². The van der Waals surface area contributed by atoms with Crippen LogP contribution in [-0.2, 0) is 6.18 Å². The summed E-state index contributed by atoms with van der Waals surface area (Å²) >= 11 is 0. The van der Waals surface area contributed by atoms with Crippen LogP contribution in [0.25, 0.3) is 5.52 Å². The van der Waals surface area contributed by atoms with Gasteiger partial charge < -0.3 is 10.6 Å². The van der Waals surface area contributed by atoms with Crippen molar-refractivity contribution in [3.05, 3.63) is 24.2 Å². The molecule has 2 N–H and O–H groups in total. The van der Waals surface area contributed by atoms with Crippen molar-refractivity contribution < 1.29 is 13.2 Å². The summed E-state index contributed by atoms with van der Waals surface area (Å²) < 4.78 is 39.1. The number of hydrogen-bond acceptors (Lipinski definition) is 4. The van der Waals surface area contributed by atoms with Crippen LogP contribution in [0.3, 0.4) is 0 Å². The summed E-state index contributed by atoms with van der Waals surface area (Å²) in [5, 5.41) is 9.70. The number of halogens is 3. The minimum absolute atomic E-state index is 0.310. The van der Waals surface area contributed by atoms with E-state index in [-0.39, 0.29) is 0 Å². The van der Waals surface area contributed by atoms with Gasteiger partial charge in [0.1, 0.15) is 5.52 Å². The van der Waals surface area contributed by atoms with Gasteiger partial charge in [0.15, 0.2) is 11.5 Å². The van der Waals surface area contributed by atoms with E-state index in [9.17, 15) is 13.2 Å². The molecule has 0 aromatic carbocycles. The molecular weight excluding hydrogens is 271 g/mol. The lowest BCUT2D eigenvalue weighted by Gasteiger charge is -2.09. The lowest BCUT2D eigenvalue weighted by atomic mass is 10.3. The van der Waals surface area contributed by atoms with E-state index in [4.69, 9.17) is 0 Å². The summed E-state index contributed by atoms with van der Waals surface area (Å²) in [5.74, 6) is 0.390. The number of anilines is 1. The molecule has 5 nitrogen and oxygen atoms in total. The quantitative estimate of drug-likeness (QED) is 0.827. The van der Waals surface area contributed by atoms with Gasteiger partial charge in [-0.1, -0.05) is 13.8 Å². The first-order valence-electron chi connectivity index (χ1n) is 6.27. The fraction of sp³-hybridized carbons (Fsp3) is 0.500. The highest BCUT2D eigenvalue weighted by Crippen LogP contribution is 2.29. The maximum atomic E-state index is 12.6. The van der Waals surface area contributed by atoms with Gasteiger partial charge in [0.25, 0.3) is 0 Å². The van der Waals surface area contributed by atoms with Crippen LogP contribution in [0.5, 0.6) is 0 Å². The average molecular weight is 287 g/mol. The van der Waals surface area contributed by atoms with Gasteiger partial charge >= 0.3 is 6.18 Å². The molecule has 2 heterocycles. The van der Waals surface area contributed by atoms with E-state index in [0.717, 1.165) is 6.07 Å². The maximum Gasteiger partial charge on any atom is 0.435 e. The normalized spacial score (nSPS) is 12.3. The maximum absolute atomic E-state index is 12.6. The molecule has 0 aliphatic rings. The Kier molecular flexibility index (Phi) is 4.12. The third kappa shape index (κ3) is 3.38. The van der Waals surface area contributed by atoms with E-state index in [1.54, 1.807) is 0 Å². The lowest BCUT2D eigenvalue weighted by Crippen LogP contribution is -2.28. The molecule has 0 radical (unpaired) electrons. The zero-order chi connectivity index (χ0) is 14.8. The number of alkyl halides is 3. The van der Waals surface area contributed by atoms with Crippen LogP contribution in [0.1, 0.15) is 19.5 Å². The Hall–Kier alpha value is -1.83. The van der Waals surface area contributed by atoms with Gasteiger partial charge in [-0.25, -0.2) is 9.50 Å². The second-order valence-electron chi connectivity index (χ2n) is 4.67. The minimum Gasteiger partial charge on any atom is -0.367 e. The molecule has 2 aromatic rings. The van der Waals surface area contributed by atoms with Crippen molar-refractivity contribution in [2.24, 2.45) is 0 Å². The monoisotopic (exact) mass is 287 g/mol. The molecule has 2 aromatic heterocycles. The zero-order valence-electron chi connectivity index (χ0n) is 11.2. The molecule has 0 fully saturated rings. The summed E-state index contributed by atoms with van der Waals surface area (Å²) in [6.45, 7) is 5.30. The number of aromatic nitrogens is 3. The standard InChI is InChI=1S/C12H16F3N5/c1-8(2)16-3-4-17-11-9-7-10(12(13,14)15)19-20(9)6-5-18-11/h5-8,16H,3-4H2,1-2H3,(H,17,18). The molecule has 0 atom stereocenters. The minimum atomic E-state index is -4.46. The predicted octanol–water partition coefficient (Wildman–Crippen LogP) is 2.16. The molecule has 0 aliphatic carbocycles. The topological polar surface area (TPSA) is 54.2 Å². The predicted molar refractivity (Wildman–Crippen MR) is 69.6 cm³/mol. The Morgan fingerprint density at radius 3 is 2.70 bits per heavy atom. The number of nitrogens with one attached hydrogen (secondary N) is 2. The van der Waals surface area contributed by atoms with Gasteiger partial charge in [0.2, 0.25) is 0 Å². The van der Waals surface area contributed by atoms with Crippen LogP contribution in [0.2, 0.25) is 0 Å². The fourth-order valence-corrected chi connectivity index (χ4v) is 1.74. The fourth-order valence-electron chi connectivity index (χ4n) is 1.74. The number of hydrogen-bond donors (Lipinski definition) is 2. The molecule has 0 bridgehead atoms. The summed E-state index contributed by atoms with van der Waals surface area (Å²) in [4.78, 5) is 4.05. The second kappa shape index (κ2) is 5.66. The molecule has 8 heteroatoms. The van der Waals surface area contributed by atoms with Gasteiger partial charge in [-0.15, -0.1) is 0 Å². The number of nitrogens with zero attached hydrogens (tertiary/aromatic N) is 3. The number of fused-ring (bicyclic) bond motifs is 1. The van der Waals surface area contributed by atoms with Crippen molar-refractivity contribution in [1.82, 2.24) is 19.9 Å². The third-order valence-electron chi connectivity index (χ3n) is 2.65. The molecule has 0 spiro atoms. The largest absolute Gasteiger partial charge is 0.435 e. The molecule has 0 saturated heterocycles. The zero-order valence-corrected chi connectivity index (χ0v) is 11.2. The first-order chi connectivity index (χ1) is 9.38. The van der Waals surface area contributed by atoms with E-state index in [1.807, 2.05) is 13.8 Å². The van der Waals surface area contributed by atoms with Crippen molar-refractivity contribution >= 4 is 11.3 Å². The molecular formula is C12H16F3N5. The summed E-state index contributed by atoms with van der Waals surface area (Å²) in [7, 11) is 0.